The average molecular weight is 243 g/mol. The molecule has 0 bridgehead atoms. The van der Waals surface area contributed by atoms with Crippen molar-refractivity contribution in [2.75, 3.05) is 6.54 Å². The minimum Gasteiger partial charge on any atom is -0.291 e. The summed E-state index contributed by atoms with van der Waals surface area (Å²) >= 11 is 0. The summed E-state index contributed by atoms with van der Waals surface area (Å²) in [6.07, 6.45) is 5.49. The molecule has 1 aromatic rings. The van der Waals surface area contributed by atoms with Gasteiger partial charge in [-0.3, -0.25) is 4.90 Å². The van der Waals surface area contributed by atoms with Gasteiger partial charge in [-0.15, -0.1) is 0 Å². The fourth-order valence-corrected chi connectivity index (χ4v) is 3.47. The molecule has 3 rings (SSSR count). The van der Waals surface area contributed by atoms with Gasteiger partial charge in [0.05, 0.1) is 0 Å². The molecule has 1 heterocycles. The number of nitrogens with zero attached hydrogens (tertiary/aromatic N) is 1. The Morgan fingerprint density at radius 1 is 1.00 bits per heavy atom. The van der Waals surface area contributed by atoms with Gasteiger partial charge in [0, 0.05) is 11.6 Å². The van der Waals surface area contributed by atoms with Gasteiger partial charge in [-0.2, -0.15) is 0 Å². The Labute approximate surface area is 111 Å². The van der Waals surface area contributed by atoms with Crippen LogP contribution in [0.2, 0.25) is 0 Å². The highest BCUT2D eigenvalue weighted by molar-refractivity contribution is 5.36. The number of likely N-dealkylation sites (tertiary alicyclic amines) is 1. The van der Waals surface area contributed by atoms with Crippen molar-refractivity contribution in [3.8, 4) is 0 Å². The van der Waals surface area contributed by atoms with Gasteiger partial charge in [0.15, 0.2) is 0 Å². The Balaban J connectivity index is 1.94. The lowest BCUT2D eigenvalue weighted by atomic mass is 9.93. The maximum atomic E-state index is 2.70. The summed E-state index contributed by atoms with van der Waals surface area (Å²) in [4.78, 5) is 2.70. The highest BCUT2D eigenvalue weighted by Gasteiger charge is 2.36. The van der Waals surface area contributed by atoms with Crippen molar-refractivity contribution in [3.05, 3.63) is 35.4 Å². The molecular formula is C17H25N. The van der Waals surface area contributed by atoms with E-state index in [-0.39, 0.29) is 5.54 Å². The van der Waals surface area contributed by atoms with E-state index in [4.69, 9.17) is 0 Å². The van der Waals surface area contributed by atoms with Crippen molar-refractivity contribution in [2.24, 2.45) is 0 Å². The van der Waals surface area contributed by atoms with Gasteiger partial charge in [0.1, 0.15) is 0 Å². The van der Waals surface area contributed by atoms with Crippen LogP contribution in [0.4, 0.5) is 0 Å². The molecule has 1 aliphatic carbocycles. The Bertz CT molecular complexity index is 425. The predicted molar refractivity (Wildman–Crippen MR) is 76.9 cm³/mol. The molecule has 98 valence electrons. The van der Waals surface area contributed by atoms with Gasteiger partial charge in [-0.05, 0) is 70.0 Å². The van der Waals surface area contributed by atoms with E-state index in [9.17, 15) is 0 Å². The highest BCUT2D eigenvalue weighted by Crippen LogP contribution is 2.46. The molecule has 0 unspecified atom stereocenters. The monoisotopic (exact) mass is 243 g/mol. The molecule has 0 N–H and O–H groups in total. The third-order valence-electron chi connectivity index (χ3n) is 4.49. The molecule has 0 aromatic heterocycles. The van der Waals surface area contributed by atoms with Gasteiger partial charge in [-0.1, -0.05) is 24.3 Å². The van der Waals surface area contributed by atoms with E-state index in [2.05, 4.69) is 49.9 Å². The average Bonchev–Trinajstić information content (AvgIpc) is 3.04. The van der Waals surface area contributed by atoms with Gasteiger partial charge in [0.2, 0.25) is 0 Å². The van der Waals surface area contributed by atoms with Crippen LogP contribution in [0.25, 0.3) is 0 Å². The van der Waals surface area contributed by atoms with Crippen LogP contribution in [0, 0.1) is 0 Å². The van der Waals surface area contributed by atoms with Crippen molar-refractivity contribution in [1.29, 1.82) is 0 Å². The van der Waals surface area contributed by atoms with E-state index < -0.39 is 0 Å². The number of hydrogen-bond acceptors (Lipinski definition) is 1. The summed E-state index contributed by atoms with van der Waals surface area (Å²) in [5, 5.41) is 0. The number of benzene rings is 1. The molecule has 1 saturated heterocycles. The van der Waals surface area contributed by atoms with Crippen molar-refractivity contribution in [2.45, 2.75) is 64.0 Å². The number of hydrogen-bond donors (Lipinski definition) is 0. The largest absolute Gasteiger partial charge is 0.291 e. The second-order valence-corrected chi connectivity index (χ2v) is 6.93. The topological polar surface area (TPSA) is 3.24 Å². The van der Waals surface area contributed by atoms with Crippen LogP contribution in [0.5, 0.6) is 0 Å². The summed E-state index contributed by atoms with van der Waals surface area (Å²) < 4.78 is 0. The molecule has 0 amide bonds. The molecule has 0 radical (unpaired) electrons. The molecule has 0 spiro atoms. The van der Waals surface area contributed by atoms with Gasteiger partial charge in [0.25, 0.3) is 0 Å². The molecule has 2 fully saturated rings. The smallest absolute Gasteiger partial charge is 0.0356 e. The lowest BCUT2D eigenvalue weighted by Gasteiger charge is -2.38. The Hall–Kier alpha value is -0.820. The second kappa shape index (κ2) is 4.38. The Morgan fingerprint density at radius 3 is 2.28 bits per heavy atom. The third-order valence-corrected chi connectivity index (χ3v) is 4.49. The molecule has 1 nitrogen and oxygen atoms in total. The van der Waals surface area contributed by atoms with E-state index in [1.165, 1.54) is 32.2 Å². The molecule has 1 aliphatic heterocycles. The first-order valence-electron chi connectivity index (χ1n) is 7.43. The summed E-state index contributed by atoms with van der Waals surface area (Å²) in [5.41, 5.74) is 3.55. The van der Waals surface area contributed by atoms with Crippen LogP contribution in [0.15, 0.2) is 24.3 Å². The van der Waals surface area contributed by atoms with E-state index in [1.807, 2.05) is 0 Å². The fraction of sp³-hybridized carbons (Fsp3) is 0.647. The summed E-state index contributed by atoms with van der Waals surface area (Å²) in [7, 11) is 0. The maximum Gasteiger partial charge on any atom is 0.0356 e. The maximum absolute atomic E-state index is 2.70. The van der Waals surface area contributed by atoms with Crippen LogP contribution >= 0.6 is 0 Å². The molecule has 2 aliphatic rings. The first-order chi connectivity index (χ1) is 8.57. The normalized spacial score (nSPS) is 25.6. The zero-order valence-electron chi connectivity index (χ0n) is 11.9. The van der Waals surface area contributed by atoms with Gasteiger partial charge >= 0.3 is 0 Å². The minimum absolute atomic E-state index is 0.290. The zero-order chi connectivity index (χ0) is 12.8. The zero-order valence-corrected chi connectivity index (χ0v) is 11.9. The Kier molecular flexibility index (Phi) is 2.97. The Morgan fingerprint density at radius 2 is 1.67 bits per heavy atom. The van der Waals surface area contributed by atoms with E-state index in [0.717, 1.165) is 5.92 Å². The fourth-order valence-electron chi connectivity index (χ4n) is 3.47. The summed E-state index contributed by atoms with van der Waals surface area (Å²) in [5.74, 6) is 0.864. The van der Waals surface area contributed by atoms with Crippen molar-refractivity contribution < 1.29 is 0 Å². The first-order valence-corrected chi connectivity index (χ1v) is 7.43. The molecule has 1 heteroatoms. The first kappa shape index (κ1) is 12.2. The highest BCUT2D eigenvalue weighted by atomic mass is 15.2. The molecule has 1 saturated carbocycles. The SMILES string of the molecule is CC(C)(C)N1CCC[C@@H]1c1ccccc1C1CC1. The minimum atomic E-state index is 0.290. The number of rotatable bonds is 2. The summed E-state index contributed by atoms with van der Waals surface area (Å²) in [6, 6.07) is 9.84. The van der Waals surface area contributed by atoms with Crippen LogP contribution < -0.4 is 0 Å². The van der Waals surface area contributed by atoms with Crippen molar-refractivity contribution in [1.82, 2.24) is 4.90 Å². The molecule has 18 heavy (non-hydrogen) atoms. The quantitative estimate of drug-likeness (QED) is 0.739. The van der Waals surface area contributed by atoms with Gasteiger partial charge in [-0.25, -0.2) is 0 Å². The molecule has 1 atom stereocenters. The van der Waals surface area contributed by atoms with E-state index >= 15 is 0 Å². The predicted octanol–water partition coefficient (Wildman–Crippen LogP) is 4.50. The van der Waals surface area contributed by atoms with E-state index in [0.29, 0.717) is 6.04 Å². The second-order valence-electron chi connectivity index (χ2n) is 6.93. The third kappa shape index (κ3) is 2.21. The molecular weight excluding hydrogens is 218 g/mol. The van der Waals surface area contributed by atoms with Crippen LogP contribution in [0.1, 0.15) is 69.5 Å². The van der Waals surface area contributed by atoms with Crippen molar-refractivity contribution >= 4 is 0 Å². The van der Waals surface area contributed by atoms with Crippen LogP contribution in [0.3, 0.4) is 0 Å². The van der Waals surface area contributed by atoms with Crippen LogP contribution in [-0.4, -0.2) is 17.0 Å². The molecule has 1 aromatic carbocycles. The van der Waals surface area contributed by atoms with Crippen molar-refractivity contribution in [3.63, 3.8) is 0 Å². The van der Waals surface area contributed by atoms with E-state index in [1.54, 1.807) is 11.1 Å². The van der Waals surface area contributed by atoms with Crippen LogP contribution in [-0.2, 0) is 0 Å². The summed E-state index contributed by atoms with van der Waals surface area (Å²) in [6.45, 7) is 8.31. The lowest BCUT2D eigenvalue weighted by molar-refractivity contribution is 0.121. The standard InChI is InChI=1S/C17H25N/c1-17(2,3)18-12-6-9-16(18)15-8-5-4-7-14(15)13-10-11-13/h4-5,7-8,13,16H,6,9-12H2,1-3H3/t16-/m1/s1. The van der Waals surface area contributed by atoms with Gasteiger partial charge < -0.3 is 0 Å². The lowest BCUT2D eigenvalue weighted by Crippen LogP contribution is -2.40.